The van der Waals surface area contributed by atoms with Gasteiger partial charge in [-0.2, -0.15) is 0 Å². The summed E-state index contributed by atoms with van der Waals surface area (Å²) in [7, 11) is 0. The molecule has 3 atom stereocenters. The predicted molar refractivity (Wildman–Crippen MR) is 199 cm³/mol. The van der Waals surface area contributed by atoms with Gasteiger partial charge in [-0.1, -0.05) is 66.7 Å². The lowest BCUT2D eigenvalue weighted by Gasteiger charge is -2.41. The number of halogens is 5. The highest BCUT2D eigenvalue weighted by Gasteiger charge is 2.34. The van der Waals surface area contributed by atoms with Crippen LogP contribution in [0.2, 0.25) is 0 Å². The number of rotatable bonds is 11. The Balaban J connectivity index is 1.02. The van der Waals surface area contributed by atoms with Crippen molar-refractivity contribution in [2.24, 2.45) is 0 Å². The minimum absolute atomic E-state index is 0.0517. The van der Waals surface area contributed by atoms with Crippen LogP contribution in [0.1, 0.15) is 51.4 Å². The Bertz CT molecular complexity index is 2210. The number of hydrogen-bond acceptors (Lipinski definition) is 8. The second-order valence-electron chi connectivity index (χ2n) is 13.9. The molecule has 0 unspecified atom stereocenters. The van der Waals surface area contributed by atoms with E-state index in [4.69, 9.17) is 9.47 Å². The van der Waals surface area contributed by atoms with Gasteiger partial charge in [-0.3, -0.25) is 19.8 Å². The van der Waals surface area contributed by atoms with E-state index in [0.717, 1.165) is 59.7 Å². The molecule has 2 fully saturated rings. The van der Waals surface area contributed by atoms with Crippen LogP contribution in [0.25, 0.3) is 11.1 Å². The zero-order valence-corrected chi connectivity index (χ0v) is 30.3. The molecule has 57 heavy (non-hydrogen) atoms. The van der Waals surface area contributed by atoms with Crippen LogP contribution in [0.15, 0.2) is 97.1 Å². The lowest BCUT2D eigenvalue weighted by Crippen LogP contribution is -2.49. The number of nitrogens with zero attached hydrogens (tertiary/aromatic N) is 3. The van der Waals surface area contributed by atoms with Crippen molar-refractivity contribution < 1.29 is 46.3 Å². The van der Waals surface area contributed by atoms with E-state index in [2.05, 4.69) is 15.1 Å². The molecule has 2 heterocycles. The molecule has 2 aliphatic rings. The molecule has 2 N–H and O–H groups in total. The zero-order chi connectivity index (χ0) is 40.2. The molecule has 0 saturated carbocycles. The summed E-state index contributed by atoms with van der Waals surface area (Å²) in [6, 6.07) is 28.6. The fraction of sp³-hybridized carbons (Fsp3) is 0.262. The molecule has 7 rings (SSSR count). The van der Waals surface area contributed by atoms with Crippen molar-refractivity contribution in [3.63, 3.8) is 0 Å². The van der Waals surface area contributed by atoms with E-state index >= 15 is 0 Å². The van der Waals surface area contributed by atoms with E-state index < -0.39 is 51.8 Å². The quantitative estimate of drug-likeness (QED) is 0.0459. The number of non-ortho nitro benzene ring substituents is 1. The predicted octanol–water partition coefficient (Wildman–Crippen LogP) is 7.75. The maximum Gasteiger partial charge on any atom is 0.269 e. The average Bonchev–Trinajstić information content (AvgIpc) is 3.24. The molecular formula is C42H37F5N4O6. The molecule has 0 bridgehead atoms. The number of carbonyl (C=O) groups is 1. The van der Waals surface area contributed by atoms with Crippen LogP contribution in [0.3, 0.4) is 0 Å². The van der Waals surface area contributed by atoms with E-state index in [0.29, 0.717) is 18.5 Å². The first-order chi connectivity index (χ1) is 27.5. The first-order valence-corrected chi connectivity index (χ1v) is 18.2. The molecule has 0 aromatic heterocycles. The normalized spacial score (nSPS) is 18.7. The minimum atomic E-state index is -2.34. The standard InChI is InChI=1S/C42H37F5N4O6/c43-36-35(37(44)39(46)40(47)38(36)45)41(53)48-22-26-2-1-3-30(20-26)27-8-10-29(11-9-27)42-56-33(21-34(57-42)28-6-4-25(24-52)5-7-28)23-49-16-18-50(19-17-49)31-12-14-32(15-13-31)51(54)55/h1-15,20,33-34,42,52H,16-19,21-24H2,(H,48,53)/t33-,34+,42+/m0/s1. The SMILES string of the molecule is O=C(NCc1cccc(-c2ccc([C@@H]3O[C@H](CN4CCN(c5ccc([N+](=O)[O-])cc5)CC4)C[C@H](c4ccc(CO)cc4)O3)cc2)c1)c1c(F)c(F)c(F)c(F)c1F. The molecule has 15 heteroatoms. The van der Waals surface area contributed by atoms with Crippen LogP contribution in [0, 0.1) is 39.2 Å². The fourth-order valence-corrected chi connectivity index (χ4v) is 7.06. The molecule has 2 saturated heterocycles. The number of anilines is 1. The maximum absolute atomic E-state index is 14.2. The first-order valence-electron chi connectivity index (χ1n) is 18.2. The average molecular weight is 789 g/mol. The lowest BCUT2D eigenvalue weighted by atomic mass is 9.98. The summed E-state index contributed by atoms with van der Waals surface area (Å²) in [6.07, 6.45) is -0.582. The molecule has 0 aliphatic carbocycles. The minimum Gasteiger partial charge on any atom is -0.392 e. The third kappa shape index (κ3) is 8.81. The Morgan fingerprint density at radius 1 is 0.754 bits per heavy atom. The van der Waals surface area contributed by atoms with Crippen LogP contribution in [0.4, 0.5) is 33.3 Å². The van der Waals surface area contributed by atoms with Crippen LogP contribution >= 0.6 is 0 Å². The van der Waals surface area contributed by atoms with Crippen molar-refractivity contribution in [3.05, 3.63) is 164 Å². The molecule has 5 aromatic rings. The summed E-state index contributed by atoms with van der Waals surface area (Å²) in [5.74, 6) is -12.6. The van der Waals surface area contributed by atoms with Gasteiger partial charge in [-0.05, 0) is 46.0 Å². The van der Waals surface area contributed by atoms with Crippen molar-refractivity contribution in [1.29, 1.82) is 0 Å². The Kier molecular flexibility index (Phi) is 11.9. The van der Waals surface area contributed by atoms with Gasteiger partial charge in [0.2, 0.25) is 5.82 Å². The summed E-state index contributed by atoms with van der Waals surface area (Å²) < 4.78 is 82.2. The lowest BCUT2D eigenvalue weighted by molar-refractivity contribution is -0.384. The third-order valence-corrected chi connectivity index (χ3v) is 10.2. The van der Waals surface area contributed by atoms with Gasteiger partial charge in [0, 0.05) is 69.1 Å². The van der Waals surface area contributed by atoms with Gasteiger partial charge in [0.05, 0.1) is 23.7 Å². The van der Waals surface area contributed by atoms with Gasteiger partial charge < -0.3 is 24.8 Å². The smallest absolute Gasteiger partial charge is 0.269 e. The van der Waals surface area contributed by atoms with E-state index in [9.17, 15) is 42.0 Å². The summed E-state index contributed by atoms with van der Waals surface area (Å²) in [5.41, 5.74) is 3.98. The number of aliphatic hydroxyl groups excluding tert-OH is 1. The molecule has 5 aromatic carbocycles. The number of ether oxygens (including phenoxy) is 2. The van der Waals surface area contributed by atoms with Crippen LogP contribution in [-0.2, 0) is 22.6 Å². The zero-order valence-electron chi connectivity index (χ0n) is 30.3. The molecule has 0 spiro atoms. The van der Waals surface area contributed by atoms with Crippen LogP contribution in [0.5, 0.6) is 0 Å². The Morgan fingerprint density at radius 3 is 2.02 bits per heavy atom. The van der Waals surface area contributed by atoms with E-state index in [1.165, 1.54) is 12.1 Å². The van der Waals surface area contributed by atoms with Gasteiger partial charge >= 0.3 is 0 Å². The van der Waals surface area contributed by atoms with Gasteiger partial charge in [0.25, 0.3) is 11.6 Å². The highest BCUT2D eigenvalue weighted by molar-refractivity contribution is 5.94. The van der Waals surface area contributed by atoms with E-state index in [1.54, 1.807) is 30.3 Å². The van der Waals surface area contributed by atoms with Gasteiger partial charge in [0.15, 0.2) is 29.6 Å². The topological polar surface area (TPSA) is 117 Å². The molecule has 2 aliphatic heterocycles. The number of nitro groups is 1. The fourth-order valence-electron chi connectivity index (χ4n) is 7.06. The third-order valence-electron chi connectivity index (χ3n) is 10.2. The highest BCUT2D eigenvalue weighted by Crippen LogP contribution is 2.39. The summed E-state index contributed by atoms with van der Waals surface area (Å²) >= 11 is 0. The highest BCUT2D eigenvalue weighted by atomic mass is 19.2. The summed E-state index contributed by atoms with van der Waals surface area (Å²) in [6.45, 7) is 3.37. The van der Waals surface area contributed by atoms with Crippen molar-refractivity contribution in [2.75, 3.05) is 37.6 Å². The molecular weight excluding hydrogens is 751 g/mol. The second kappa shape index (κ2) is 17.2. The number of hydrogen-bond donors (Lipinski definition) is 2. The second-order valence-corrected chi connectivity index (χ2v) is 13.9. The van der Waals surface area contributed by atoms with Gasteiger partial charge in [-0.25, -0.2) is 22.0 Å². The molecule has 296 valence electrons. The van der Waals surface area contributed by atoms with Gasteiger partial charge in [-0.15, -0.1) is 0 Å². The number of aliphatic hydroxyl groups is 1. The van der Waals surface area contributed by atoms with Crippen molar-refractivity contribution in [1.82, 2.24) is 10.2 Å². The number of piperazine rings is 1. The number of benzene rings is 5. The maximum atomic E-state index is 14.2. The summed E-state index contributed by atoms with van der Waals surface area (Å²) in [4.78, 5) is 27.7. The Morgan fingerprint density at radius 2 is 1.39 bits per heavy atom. The van der Waals surface area contributed by atoms with Crippen LogP contribution in [-0.4, -0.2) is 59.7 Å². The van der Waals surface area contributed by atoms with Gasteiger partial charge in [0.1, 0.15) is 5.56 Å². The Hall–Kier alpha value is -5.74. The largest absolute Gasteiger partial charge is 0.392 e. The number of nitro benzene ring substituents is 1. The van der Waals surface area contributed by atoms with E-state index in [1.807, 2.05) is 54.6 Å². The van der Waals surface area contributed by atoms with Crippen molar-refractivity contribution >= 4 is 17.3 Å². The number of nitrogens with one attached hydrogen (secondary N) is 1. The number of carbonyl (C=O) groups excluding carboxylic acids is 1. The number of amides is 1. The Labute approximate surface area is 324 Å². The molecule has 1 amide bonds. The van der Waals surface area contributed by atoms with Crippen LogP contribution < -0.4 is 10.2 Å². The summed E-state index contributed by atoms with van der Waals surface area (Å²) in [5, 5.41) is 22.9. The molecule has 10 nitrogen and oxygen atoms in total. The monoisotopic (exact) mass is 788 g/mol. The first kappa shape index (κ1) is 39.5. The molecule has 0 radical (unpaired) electrons. The van der Waals surface area contributed by atoms with Crippen molar-refractivity contribution in [3.8, 4) is 11.1 Å². The van der Waals surface area contributed by atoms with E-state index in [-0.39, 0.29) is 31.0 Å². The van der Waals surface area contributed by atoms with Crippen molar-refractivity contribution in [2.45, 2.75) is 38.1 Å².